The van der Waals surface area contributed by atoms with Gasteiger partial charge in [-0.2, -0.15) is 0 Å². The number of rotatable bonds is 7. The van der Waals surface area contributed by atoms with Crippen LogP contribution in [0.2, 0.25) is 10.0 Å². The topological polar surface area (TPSA) is 97.0 Å². The lowest BCUT2D eigenvalue weighted by atomic mass is 10.2. The second kappa shape index (κ2) is 9.80. The van der Waals surface area contributed by atoms with Crippen LogP contribution >= 0.6 is 23.2 Å². The molecule has 0 radical (unpaired) electrons. The molecule has 0 aliphatic carbocycles. The van der Waals surface area contributed by atoms with Crippen molar-refractivity contribution < 1.29 is 9.53 Å². The van der Waals surface area contributed by atoms with Crippen LogP contribution in [0.25, 0.3) is 10.9 Å². The summed E-state index contributed by atoms with van der Waals surface area (Å²) in [5.74, 6) is 0.940. The van der Waals surface area contributed by atoms with E-state index in [1.54, 1.807) is 42.5 Å². The van der Waals surface area contributed by atoms with Gasteiger partial charge in [0.1, 0.15) is 10.8 Å². The Morgan fingerprint density at radius 3 is 2.72 bits per heavy atom. The van der Waals surface area contributed by atoms with Gasteiger partial charge in [0.2, 0.25) is 11.8 Å². The Morgan fingerprint density at radius 2 is 1.88 bits per heavy atom. The number of anilines is 1. The third-order valence-electron chi connectivity index (χ3n) is 4.62. The first-order valence-electron chi connectivity index (χ1n) is 9.85. The maximum absolute atomic E-state index is 12.5. The van der Waals surface area contributed by atoms with Gasteiger partial charge in [0.15, 0.2) is 5.75 Å². The van der Waals surface area contributed by atoms with Crippen LogP contribution in [0.5, 0.6) is 11.6 Å². The van der Waals surface area contributed by atoms with E-state index in [4.69, 9.17) is 27.9 Å². The van der Waals surface area contributed by atoms with Crippen LogP contribution in [-0.4, -0.2) is 20.9 Å². The van der Waals surface area contributed by atoms with Crippen molar-refractivity contribution >= 4 is 45.7 Å². The number of nitrogens with one attached hydrogen (secondary N) is 2. The highest BCUT2D eigenvalue weighted by Crippen LogP contribution is 2.33. The van der Waals surface area contributed by atoms with Gasteiger partial charge in [0.05, 0.1) is 21.6 Å². The molecule has 0 fully saturated rings. The second-order valence-electron chi connectivity index (χ2n) is 6.97. The van der Waals surface area contributed by atoms with Crippen LogP contribution in [0.4, 0.5) is 5.69 Å². The van der Waals surface area contributed by atoms with E-state index in [2.05, 4.69) is 20.3 Å². The molecule has 0 unspecified atom stereocenters. The van der Waals surface area contributed by atoms with E-state index in [1.807, 2.05) is 6.07 Å². The Kier molecular flexibility index (Phi) is 6.68. The van der Waals surface area contributed by atoms with Gasteiger partial charge in [-0.3, -0.25) is 9.59 Å². The SMILES string of the molecule is O=C(CCCc1nc2ccccc2c(=O)[nH]1)Nc1ccccc1Oc1ncc(Cl)cc1Cl. The van der Waals surface area contributed by atoms with Gasteiger partial charge in [-0.05, 0) is 36.8 Å². The minimum Gasteiger partial charge on any atom is -0.435 e. The number of fused-ring (bicyclic) bond motifs is 1. The third-order valence-corrected chi connectivity index (χ3v) is 5.10. The molecule has 0 spiro atoms. The monoisotopic (exact) mass is 468 g/mol. The van der Waals surface area contributed by atoms with Crippen molar-refractivity contribution in [1.29, 1.82) is 0 Å². The van der Waals surface area contributed by atoms with Gasteiger partial charge in [-0.25, -0.2) is 9.97 Å². The lowest BCUT2D eigenvalue weighted by Gasteiger charge is -2.12. The quantitative estimate of drug-likeness (QED) is 0.379. The largest absolute Gasteiger partial charge is 0.435 e. The summed E-state index contributed by atoms with van der Waals surface area (Å²) in [7, 11) is 0. The Balaban J connectivity index is 1.38. The first kappa shape index (κ1) is 21.8. The average Bonchev–Trinajstić information content (AvgIpc) is 2.77. The zero-order valence-corrected chi connectivity index (χ0v) is 18.3. The summed E-state index contributed by atoms with van der Waals surface area (Å²) in [6.07, 6.45) is 2.65. The molecule has 2 aromatic carbocycles. The number of hydrogen-bond acceptors (Lipinski definition) is 5. The number of carbonyl (C=O) groups excluding carboxylic acids is 1. The number of aryl methyl sites for hydroxylation is 1. The van der Waals surface area contributed by atoms with Crippen LogP contribution < -0.4 is 15.6 Å². The first-order chi connectivity index (χ1) is 15.5. The number of nitrogens with zero attached hydrogens (tertiary/aromatic N) is 2. The lowest BCUT2D eigenvalue weighted by molar-refractivity contribution is -0.116. The van der Waals surface area contributed by atoms with Crippen molar-refractivity contribution in [3.8, 4) is 11.6 Å². The van der Waals surface area contributed by atoms with Gasteiger partial charge in [-0.15, -0.1) is 0 Å². The molecule has 1 amide bonds. The Morgan fingerprint density at radius 1 is 1.09 bits per heavy atom. The van der Waals surface area contributed by atoms with Gasteiger partial charge >= 0.3 is 0 Å². The standard InChI is InChI=1S/C23H18Cl2N4O3/c24-14-12-16(25)23(26-13-14)32-19-9-4-3-8-18(19)28-21(30)11-5-10-20-27-17-7-2-1-6-15(17)22(31)29-20/h1-4,6-9,12-13H,5,10-11H2,(H,28,30)(H,27,29,31). The lowest BCUT2D eigenvalue weighted by Crippen LogP contribution is -2.14. The third kappa shape index (κ3) is 5.25. The fourth-order valence-corrected chi connectivity index (χ4v) is 3.54. The summed E-state index contributed by atoms with van der Waals surface area (Å²) in [6, 6.07) is 15.6. The van der Waals surface area contributed by atoms with E-state index in [1.165, 1.54) is 12.3 Å². The number of aromatic amines is 1. The van der Waals surface area contributed by atoms with E-state index in [-0.39, 0.29) is 28.8 Å². The summed E-state index contributed by atoms with van der Waals surface area (Å²) < 4.78 is 5.76. The number of carbonyl (C=O) groups is 1. The number of halogens is 2. The van der Waals surface area contributed by atoms with Gasteiger partial charge < -0.3 is 15.0 Å². The molecule has 4 rings (SSSR count). The number of para-hydroxylation sites is 3. The van der Waals surface area contributed by atoms with Crippen LogP contribution in [0.3, 0.4) is 0 Å². The second-order valence-corrected chi connectivity index (χ2v) is 7.81. The molecule has 2 N–H and O–H groups in total. The van der Waals surface area contributed by atoms with E-state index >= 15 is 0 Å². The van der Waals surface area contributed by atoms with Crippen LogP contribution in [0.15, 0.2) is 65.6 Å². The number of benzene rings is 2. The maximum atomic E-state index is 12.5. The predicted molar refractivity (Wildman–Crippen MR) is 125 cm³/mol. The van der Waals surface area contributed by atoms with Gasteiger partial charge in [-0.1, -0.05) is 47.5 Å². The highest BCUT2D eigenvalue weighted by molar-refractivity contribution is 6.35. The molecule has 0 saturated carbocycles. The first-order valence-corrected chi connectivity index (χ1v) is 10.6. The summed E-state index contributed by atoms with van der Waals surface area (Å²) in [5, 5.41) is 4.03. The maximum Gasteiger partial charge on any atom is 0.258 e. The van der Waals surface area contributed by atoms with Crippen LogP contribution in [0.1, 0.15) is 18.7 Å². The van der Waals surface area contributed by atoms with E-state index in [0.29, 0.717) is 46.0 Å². The van der Waals surface area contributed by atoms with Crippen molar-refractivity contribution in [3.05, 3.63) is 87.0 Å². The Labute approximate surface area is 193 Å². The molecule has 0 atom stereocenters. The van der Waals surface area contributed by atoms with Crippen molar-refractivity contribution in [2.45, 2.75) is 19.3 Å². The number of H-pyrrole nitrogens is 1. The van der Waals surface area contributed by atoms with Gasteiger partial charge in [0.25, 0.3) is 5.56 Å². The molecular formula is C23H18Cl2N4O3. The molecule has 162 valence electrons. The van der Waals surface area contributed by atoms with Crippen molar-refractivity contribution in [2.75, 3.05) is 5.32 Å². The van der Waals surface area contributed by atoms with E-state index in [0.717, 1.165) is 0 Å². The van der Waals surface area contributed by atoms with Crippen molar-refractivity contribution in [2.24, 2.45) is 0 Å². The molecule has 0 aliphatic rings. The van der Waals surface area contributed by atoms with E-state index in [9.17, 15) is 9.59 Å². The molecule has 4 aromatic rings. The zero-order valence-electron chi connectivity index (χ0n) is 16.8. The normalized spacial score (nSPS) is 10.8. The summed E-state index contributed by atoms with van der Waals surface area (Å²) in [4.78, 5) is 35.9. The minimum atomic E-state index is -0.195. The minimum absolute atomic E-state index is 0.184. The molecule has 2 aromatic heterocycles. The number of aromatic nitrogens is 3. The van der Waals surface area contributed by atoms with Crippen molar-refractivity contribution in [3.63, 3.8) is 0 Å². The number of hydrogen-bond donors (Lipinski definition) is 2. The molecule has 9 heteroatoms. The van der Waals surface area contributed by atoms with E-state index < -0.39 is 0 Å². The molecule has 0 saturated heterocycles. The fraction of sp³-hybridized carbons (Fsp3) is 0.130. The number of amides is 1. The highest BCUT2D eigenvalue weighted by Gasteiger charge is 2.12. The van der Waals surface area contributed by atoms with Gasteiger partial charge in [0, 0.05) is 19.0 Å². The molecule has 7 nitrogen and oxygen atoms in total. The summed E-state index contributed by atoms with van der Waals surface area (Å²) in [5.41, 5.74) is 0.939. The van der Waals surface area contributed by atoms with Crippen molar-refractivity contribution in [1.82, 2.24) is 15.0 Å². The smallest absolute Gasteiger partial charge is 0.258 e. The predicted octanol–water partition coefficient (Wildman–Crippen LogP) is 5.38. The molecule has 0 aliphatic heterocycles. The number of ether oxygens (including phenoxy) is 1. The number of pyridine rings is 1. The Bertz CT molecular complexity index is 1340. The molecule has 0 bridgehead atoms. The van der Waals surface area contributed by atoms with Crippen LogP contribution in [0, 0.1) is 0 Å². The zero-order chi connectivity index (χ0) is 22.5. The Hall–Kier alpha value is -3.42. The molecular weight excluding hydrogens is 451 g/mol. The summed E-state index contributed by atoms with van der Waals surface area (Å²) >= 11 is 12.0. The van der Waals surface area contributed by atoms with Crippen LogP contribution in [-0.2, 0) is 11.2 Å². The highest BCUT2D eigenvalue weighted by atomic mass is 35.5. The molecule has 32 heavy (non-hydrogen) atoms. The fourth-order valence-electron chi connectivity index (χ4n) is 3.12. The average molecular weight is 469 g/mol. The molecule has 2 heterocycles. The summed E-state index contributed by atoms with van der Waals surface area (Å²) in [6.45, 7) is 0.